The molecule has 2 amide bonds. The Kier molecular flexibility index (Phi) is 9.78. The molecular weight excluding hydrogens is 474 g/mol. The van der Waals surface area contributed by atoms with Crippen LogP contribution in [0, 0.1) is 25.7 Å². The number of carbonyl (C=O) groups is 2. The van der Waals surface area contributed by atoms with E-state index in [4.69, 9.17) is 4.74 Å². The number of hydrogen-bond acceptors (Lipinski definition) is 4. The molecule has 3 saturated heterocycles. The van der Waals surface area contributed by atoms with Crippen LogP contribution in [-0.4, -0.2) is 77.6 Å². The van der Waals surface area contributed by atoms with Gasteiger partial charge in [-0.05, 0) is 50.2 Å². The van der Waals surface area contributed by atoms with Crippen LogP contribution >= 0.6 is 0 Å². The van der Waals surface area contributed by atoms with Gasteiger partial charge in [-0.15, -0.1) is 0 Å². The lowest BCUT2D eigenvalue weighted by atomic mass is 9.75. The summed E-state index contributed by atoms with van der Waals surface area (Å²) >= 11 is 0. The van der Waals surface area contributed by atoms with Gasteiger partial charge < -0.3 is 14.5 Å². The van der Waals surface area contributed by atoms with Crippen molar-refractivity contribution in [2.24, 2.45) is 11.8 Å². The summed E-state index contributed by atoms with van der Waals surface area (Å²) in [4.78, 5) is 33.1. The van der Waals surface area contributed by atoms with E-state index < -0.39 is 0 Å². The van der Waals surface area contributed by atoms with Gasteiger partial charge in [0.25, 0.3) is 5.91 Å². The molecule has 3 aliphatic rings. The Morgan fingerprint density at radius 2 is 1.66 bits per heavy atom. The van der Waals surface area contributed by atoms with Gasteiger partial charge in [-0.2, -0.15) is 0 Å². The van der Waals surface area contributed by atoms with E-state index in [2.05, 4.69) is 30.6 Å². The van der Waals surface area contributed by atoms with Gasteiger partial charge in [0.2, 0.25) is 0 Å². The molecule has 1 aromatic rings. The zero-order chi connectivity index (χ0) is 27.3. The molecule has 3 fully saturated rings. The predicted octanol–water partition coefficient (Wildman–Crippen LogP) is 6.44. The Morgan fingerprint density at radius 1 is 1.03 bits per heavy atom. The summed E-state index contributed by atoms with van der Waals surface area (Å²) < 4.78 is 6.39. The topological polar surface area (TPSA) is 53.1 Å². The molecule has 0 N–H and O–H groups in total. The van der Waals surface area contributed by atoms with Crippen LogP contribution in [0.4, 0.5) is 4.79 Å². The van der Waals surface area contributed by atoms with Crippen LogP contribution in [0.2, 0.25) is 0 Å². The first kappa shape index (κ1) is 28.9. The van der Waals surface area contributed by atoms with Gasteiger partial charge in [0.05, 0.1) is 0 Å². The van der Waals surface area contributed by atoms with Gasteiger partial charge >= 0.3 is 6.09 Å². The van der Waals surface area contributed by atoms with Gasteiger partial charge in [-0.3, -0.25) is 9.69 Å². The van der Waals surface area contributed by atoms with Crippen molar-refractivity contribution in [2.75, 3.05) is 39.3 Å². The third-order valence-corrected chi connectivity index (χ3v) is 9.88. The standard InChI is InChI=1S/C32H51N3O3/c1-6-9-13-27-23-35(22-26(7-2)8-3)31(37)38-32(27)16-20-33(21-17-32)28-14-18-34(19-15-28)30(36)29-24(4)11-10-12-25(29)5/h10-12,26-28H,6-9,13-23H2,1-5H3. The minimum Gasteiger partial charge on any atom is -0.442 e. The van der Waals surface area contributed by atoms with Crippen LogP contribution in [0.5, 0.6) is 0 Å². The highest BCUT2D eigenvalue weighted by Crippen LogP contribution is 2.42. The first-order chi connectivity index (χ1) is 18.3. The summed E-state index contributed by atoms with van der Waals surface area (Å²) in [5, 5.41) is 0. The zero-order valence-corrected chi connectivity index (χ0v) is 24.6. The number of carbonyl (C=O) groups excluding carboxylic acids is 2. The molecule has 1 spiro atoms. The van der Waals surface area contributed by atoms with Gasteiger partial charge in [0.1, 0.15) is 5.60 Å². The fourth-order valence-electron chi connectivity index (χ4n) is 7.16. The quantitative estimate of drug-likeness (QED) is 0.372. The van der Waals surface area contributed by atoms with Crippen LogP contribution in [0.15, 0.2) is 18.2 Å². The second-order valence-electron chi connectivity index (χ2n) is 12.2. The SMILES string of the molecule is CCCCC1CN(CC(CC)CC)C(=O)OC12CCN(C1CCN(C(=O)c3c(C)cccc3C)CC1)CC2. The summed E-state index contributed by atoms with van der Waals surface area (Å²) in [6, 6.07) is 6.60. The number of benzene rings is 1. The van der Waals surface area contributed by atoms with Crippen LogP contribution in [-0.2, 0) is 4.74 Å². The van der Waals surface area contributed by atoms with Crippen molar-refractivity contribution in [1.29, 1.82) is 0 Å². The second-order valence-corrected chi connectivity index (χ2v) is 12.2. The van der Waals surface area contributed by atoms with E-state index in [-0.39, 0.29) is 17.6 Å². The fraction of sp³-hybridized carbons (Fsp3) is 0.750. The summed E-state index contributed by atoms with van der Waals surface area (Å²) in [5.41, 5.74) is 2.71. The summed E-state index contributed by atoms with van der Waals surface area (Å²) in [7, 11) is 0. The smallest absolute Gasteiger partial charge is 0.410 e. The van der Waals surface area contributed by atoms with Crippen LogP contribution in [0.25, 0.3) is 0 Å². The highest BCUT2D eigenvalue weighted by Gasteiger charge is 2.50. The van der Waals surface area contributed by atoms with E-state index in [1.165, 1.54) is 12.8 Å². The first-order valence-electron chi connectivity index (χ1n) is 15.4. The Labute approximate surface area is 231 Å². The van der Waals surface area contributed by atoms with Gasteiger partial charge in [-0.25, -0.2) is 4.79 Å². The van der Waals surface area contributed by atoms with E-state index in [0.29, 0.717) is 17.9 Å². The average molecular weight is 526 g/mol. The van der Waals surface area contributed by atoms with E-state index >= 15 is 0 Å². The lowest BCUT2D eigenvalue weighted by Crippen LogP contribution is -2.61. The molecule has 0 aromatic heterocycles. The van der Waals surface area contributed by atoms with E-state index in [9.17, 15) is 9.59 Å². The number of nitrogens with zero attached hydrogens (tertiary/aromatic N) is 3. The first-order valence-corrected chi connectivity index (χ1v) is 15.4. The maximum absolute atomic E-state index is 13.3. The van der Waals surface area contributed by atoms with Crippen molar-refractivity contribution in [3.05, 3.63) is 34.9 Å². The maximum atomic E-state index is 13.3. The third-order valence-electron chi connectivity index (χ3n) is 9.88. The summed E-state index contributed by atoms with van der Waals surface area (Å²) in [5.74, 6) is 1.16. The number of piperidine rings is 2. The van der Waals surface area contributed by atoms with Crippen molar-refractivity contribution >= 4 is 12.0 Å². The number of unbranched alkanes of at least 4 members (excludes halogenated alkanes) is 1. The normalized spacial score (nSPS) is 22.8. The monoisotopic (exact) mass is 525 g/mol. The van der Waals surface area contributed by atoms with E-state index in [0.717, 1.165) is 101 Å². The van der Waals surface area contributed by atoms with Crippen molar-refractivity contribution in [3.63, 3.8) is 0 Å². The Balaban J connectivity index is 1.34. The molecule has 0 saturated carbocycles. The van der Waals surface area contributed by atoms with Crippen LogP contribution in [0.3, 0.4) is 0 Å². The Bertz CT molecular complexity index is 923. The molecule has 3 aliphatic heterocycles. The average Bonchev–Trinajstić information content (AvgIpc) is 2.92. The van der Waals surface area contributed by atoms with E-state index in [1.54, 1.807) is 0 Å². The van der Waals surface area contributed by atoms with Crippen molar-refractivity contribution in [1.82, 2.24) is 14.7 Å². The van der Waals surface area contributed by atoms with Crippen molar-refractivity contribution in [2.45, 2.75) is 104 Å². The number of hydrogen-bond donors (Lipinski definition) is 0. The lowest BCUT2D eigenvalue weighted by Gasteiger charge is -2.52. The molecule has 1 unspecified atom stereocenters. The zero-order valence-electron chi connectivity index (χ0n) is 24.6. The summed E-state index contributed by atoms with van der Waals surface area (Å²) in [6.45, 7) is 16.1. The fourth-order valence-corrected chi connectivity index (χ4v) is 7.16. The van der Waals surface area contributed by atoms with Crippen LogP contribution < -0.4 is 0 Å². The molecule has 3 heterocycles. The number of rotatable bonds is 9. The highest BCUT2D eigenvalue weighted by atomic mass is 16.6. The second kappa shape index (κ2) is 12.8. The largest absolute Gasteiger partial charge is 0.442 e. The van der Waals surface area contributed by atoms with Crippen molar-refractivity contribution < 1.29 is 14.3 Å². The molecule has 212 valence electrons. The molecule has 0 bridgehead atoms. The Hall–Kier alpha value is -2.08. The summed E-state index contributed by atoms with van der Waals surface area (Å²) in [6.07, 6.45) is 9.55. The van der Waals surface area contributed by atoms with Gasteiger partial charge in [0.15, 0.2) is 0 Å². The number of ether oxygens (including phenoxy) is 1. The van der Waals surface area contributed by atoms with Gasteiger partial charge in [-0.1, -0.05) is 64.7 Å². The van der Waals surface area contributed by atoms with Crippen LogP contribution in [0.1, 0.15) is 100 Å². The molecule has 6 nitrogen and oxygen atoms in total. The molecular formula is C32H51N3O3. The molecule has 0 aliphatic carbocycles. The predicted molar refractivity (Wildman–Crippen MR) is 154 cm³/mol. The highest BCUT2D eigenvalue weighted by molar-refractivity contribution is 5.97. The minimum atomic E-state index is -0.299. The maximum Gasteiger partial charge on any atom is 0.410 e. The van der Waals surface area contributed by atoms with Gasteiger partial charge in [0, 0.05) is 69.6 Å². The number of likely N-dealkylation sites (tertiary alicyclic amines) is 2. The number of amides is 2. The molecule has 1 aromatic carbocycles. The number of aryl methyl sites for hydroxylation is 2. The van der Waals surface area contributed by atoms with E-state index in [1.807, 2.05) is 36.9 Å². The molecule has 1 atom stereocenters. The molecule has 6 heteroatoms. The minimum absolute atomic E-state index is 0.0867. The van der Waals surface area contributed by atoms with Crippen molar-refractivity contribution in [3.8, 4) is 0 Å². The lowest BCUT2D eigenvalue weighted by molar-refractivity contribution is -0.127. The molecule has 0 radical (unpaired) electrons. The third kappa shape index (κ3) is 6.21. The molecule has 4 rings (SSSR count). The molecule has 38 heavy (non-hydrogen) atoms. The Morgan fingerprint density at radius 3 is 2.24 bits per heavy atom.